The van der Waals surface area contributed by atoms with Gasteiger partial charge in [0.05, 0.1) is 20.4 Å². The second kappa shape index (κ2) is 9.50. The highest BCUT2D eigenvalue weighted by Crippen LogP contribution is 2.39. The first kappa shape index (κ1) is 21.3. The van der Waals surface area contributed by atoms with Gasteiger partial charge in [-0.25, -0.2) is 4.39 Å². The molecule has 1 aliphatic heterocycles. The van der Waals surface area contributed by atoms with Crippen LogP contribution in [0.25, 0.3) is 0 Å². The Hall–Kier alpha value is -2.89. The molecular weight excluding hydrogens is 391 g/mol. The van der Waals surface area contributed by atoms with E-state index >= 15 is 0 Å². The molecule has 4 rings (SSSR count). The number of benzene rings is 3. The van der Waals surface area contributed by atoms with Crippen molar-refractivity contribution in [2.24, 2.45) is 0 Å². The maximum Gasteiger partial charge on any atom is 0.127 e. The van der Waals surface area contributed by atoms with E-state index in [9.17, 15) is 4.39 Å². The Morgan fingerprint density at radius 2 is 1.48 bits per heavy atom. The van der Waals surface area contributed by atoms with E-state index in [0.29, 0.717) is 12.1 Å². The molecule has 1 fully saturated rings. The number of ether oxygens (including phenoxy) is 2. The first-order valence-electron chi connectivity index (χ1n) is 10.6. The Kier molecular flexibility index (Phi) is 6.54. The second-order valence-electron chi connectivity index (χ2n) is 7.94. The molecule has 0 bridgehead atoms. The van der Waals surface area contributed by atoms with Crippen molar-refractivity contribution in [3.05, 3.63) is 94.8 Å². The molecule has 0 N–H and O–H groups in total. The molecule has 5 heteroatoms. The summed E-state index contributed by atoms with van der Waals surface area (Å²) < 4.78 is 25.7. The van der Waals surface area contributed by atoms with Gasteiger partial charge in [0.1, 0.15) is 17.3 Å². The summed E-state index contributed by atoms with van der Waals surface area (Å²) in [5.41, 5.74) is 4.30. The molecule has 0 spiro atoms. The van der Waals surface area contributed by atoms with Crippen LogP contribution in [0.15, 0.2) is 66.7 Å². The van der Waals surface area contributed by atoms with Crippen LogP contribution < -0.4 is 9.47 Å². The van der Waals surface area contributed by atoms with Crippen molar-refractivity contribution in [2.75, 3.05) is 27.3 Å². The molecule has 1 aliphatic rings. The summed E-state index contributed by atoms with van der Waals surface area (Å²) in [5, 5.41) is 0. The van der Waals surface area contributed by atoms with Crippen molar-refractivity contribution in [3.8, 4) is 11.5 Å². The lowest BCUT2D eigenvalue weighted by atomic mass is 10.1. The third kappa shape index (κ3) is 4.58. The summed E-state index contributed by atoms with van der Waals surface area (Å²) in [4.78, 5) is 4.74. The van der Waals surface area contributed by atoms with Crippen LogP contribution in [0.1, 0.15) is 28.4 Å². The van der Waals surface area contributed by atoms with Gasteiger partial charge in [0.15, 0.2) is 0 Å². The van der Waals surface area contributed by atoms with Crippen molar-refractivity contribution in [3.63, 3.8) is 0 Å². The van der Waals surface area contributed by atoms with Gasteiger partial charge in [0, 0.05) is 37.3 Å². The van der Waals surface area contributed by atoms with Crippen LogP contribution in [0.3, 0.4) is 0 Å². The molecule has 0 saturated carbocycles. The molecule has 1 atom stereocenters. The van der Waals surface area contributed by atoms with Gasteiger partial charge in [-0.15, -0.1) is 0 Å². The van der Waals surface area contributed by atoms with Crippen LogP contribution in [0, 0.1) is 12.7 Å². The third-order valence-electron chi connectivity index (χ3n) is 6.05. The second-order valence-corrected chi connectivity index (χ2v) is 7.94. The van der Waals surface area contributed by atoms with Crippen LogP contribution in [0.2, 0.25) is 0 Å². The number of nitrogens with zero attached hydrogens (tertiary/aromatic N) is 2. The Morgan fingerprint density at radius 1 is 0.839 bits per heavy atom. The largest absolute Gasteiger partial charge is 0.497 e. The highest BCUT2D eigenvalue weighted by atomic mass is 19.1. The summed E-state index contributed by atoms with van der Waals surface area (Å²) in [7, 11) is 3.36. The lowest BCUT2D eigenvalue weighted by molar-refractivity contribution is 0.121. The SMILES string of the molecule is COc1ccc(OC)c([C@H]2N(Cc3ccccc3C)CCN2Cc2ccccc2F)c1. The predicted octanol–water partition coefficient (Wildman–Crippen LogP) is 5.17. The van der Waals surface area contributed by atoms with Gasteiger partial charge in [0.25, 0.3) is 0 Å². The molecule has 3 aromatic rings. The van der Waals surface area contributed by atoms with Crippen LogP contribution in [-0.2, 0) is 13.1 Å². The van der Waals surface area contributed by atoms with Crippen LogP contribution in [-0.4, -0.2) is 37.1 Å². The quantitative estimate of drug-likeness (QED) is 0.527. The number of halogens is 1. The zero-order valence-electron chi connectivity index (χ0n) is 18.3. The molecule has 31 heavy (non-hydrogen) atoms. The lowest BCUT2D eigenvalue weighted by Crippen LogP contribution is -2.31. The fourth-order valence-corrected chi connectivity index (χ4v) is 4.35. The van der Waals surface area contributed by atoms with E-state index < -0.39 is 0 Å². The van der Waals surface area contributed by atoms with Crippen molar-refractivity contribution in [1.82, 2.24) is 9.80 Å². The predicted molar refractivity (Wildman–Crippen MR) is 121 cm³/mol. The average Bonchev–Trinajstić information content (AvgIpc) is 3.18. The van der Waals surface area contributed by atoms with E-state index in [4.69, 9.17) is 9.47 Å². The minimum atomic E-state index is -0.170. The highest BCUT2D eigenvalue weighted by Gasteiger charge is 2.35. The zero-order valence-corrected chi connectivity index (χ0v) is 18.3. The maximum absolute atomic E-state index is 14.4. The number of aryl methyl sites for hydroxylation is 1. The molecule has 0 radical (unpaired) electrons. The van der Waals surface area contributed by atoms with Crippen LogP contribution in [0.5, 0.6) is 11.5 Å². The van der Waals surface area contributed by atoms with E-state index in [1.807, 2.05) is 30.3 Å². The Balaban J connectivity index is 1.72. The van der Waals surface area contributed by atoms with Gasteiger partial charge >= 0.3 is 0 Å². The standard InChI is InChI=1S/C26H29FN2O2/c1-19-8-4-5-9-20(19)17-28-14-15-29(18-21-10-6-7-11-24(21)27)26(28)23-16-22(30-2)12-13-25(23)31-3/h4-13,16,26H,14-15,17-18H2,1-3H3/t26-/m0/s1. The van der Waals surface area contributed by atoms with Gasteiger partial charge < -0.3 is 9.47 Å². The normalized spacial score (nSPS) is 17.1. The molecule has 1 saturated heterocycles. The van der Waals surface area contributed by atoms with Crippen molar-refractivity contribution in [2.45, 2.75) is 26.2 Å². The van der Waals surface area contributed by atoms with E-state index in [-0.39, 0.29) is 12.0 Å². The molecule has 0 aromatic heterocycles. The van der Waals surface area contributed by atoms with Gasteiger partial charge in [-0.1, -0.05) is 42.5 Å². The first-order chi connectivity index (χ1) is 15.1. The third-order valence-corrected chi connectivity index (χ3v) is 6.05. The van der Waals surface area contributed by atoms with Crippen molar-refractivity contribution in [1.29, 1.82) is 0 Å². The molecule has 0 amide bonds. The smallest absolute Gasteiger partial charge is 0.127 e. The van der Waals surface area contributed by atoms with E-state index in [2.05, 4.69) is 41.0 Å². The summed E-state index contributed by atoms with van der Waals surface area (Å²) in [5.74, 6) is 1.42. The maximum atomic E-state index is 14.4. The van der Waals surface area contributed by atoms with Gasteiger partial charge in [-0.2, -0.15) is 0 Å². The Labute approximate surface area is 183 Å². The number of methoxy groups -OCH3 is 2. The molecule has 0 aliphatic carbocycles. The topological polar surface area (TPSA) is 24.9 Å². The fraction of sp³-hybridized carbons (Fsp3) is 0.308. The molecule has 4 nitrogen and oxygen atoms in total. The zero-order chi connectivity index (χ0) is 21.8. The van der Waals surface area contributed by atoms with Crippen molar-refractivity contribution >= 4 is 0 Å². The highest BCUT2D eigenvalue weighted by molar-refractivity contribution is 5.43. The number of hydrogen-bond acceptors (Lipinski definition) is 4. The lowest BCUT2D eigenvalue weighted by Gasteiger charge is -2.32. The van der Waals surface area contributed by atoms with E-state index in [0.717, 1.165) is 36.7 Å². The molecule has 1 heterocycles. The minimum absolute atomic E-state index is 0.0516. The van der Waals surface area contributed by atoms with Gasteiger partial charge in [-0.05, 0) is 42.3 Å². The molecule has 162 valence electrons. The summed E-state index contributed by atoms with van der Waals surface area (Å²) in [6.45, 7) is 5.20. The summed E-state index contributed by atoms with van der Waals surface area (Å²) in [6, 6.07) is 21.4. The number of rotatable bonds is 7. The summed E-state index contributed by atoms with van der Waals surface area (Å²) >= 11 is 0. The monoisotopic (exact) mass is 420 g/mol. The van der Waals surface area contributed by atoms with Crippen LogP contribution in [0.4, 0.5) is 4.39 Å². The van der Waals surface area contributed by atoms with Gasteiger partial charge in [0.2, 0.25) is 0 Å². The summed E-state index contributed by atoms with van der Waals surface area (Å²) in [6.07, 6.45) is -0.0516. The van der Waals surface area contributed by atoms with Crippen molar-refractivity contribution < 1.29 is 13.9 Å². The number of hydrogen-bond donors (Lipinski definition) is 0. The van der Waals surface area contributed by atoms with Gasteiger partial charge in [-0.3, -0.25) is 9.80 Å². The average molecular weight is 421 g/mol. The van der Waals surface area contributed by atoms with E-state index in [1.54, 1.807) is 20.3 Å². The molecular formula is C26H29FN2O2. The van der Waals surface area contributed by atoms with E-state index in [1.165, 1.54) is 17.2 Å². The Bertz CT molecular complexity index is 984. The first-order valence-corrected chi connectivity index (χ1v) is 10.6. The molecule has 3 aromatic carbocycles. The fourth-order valence-electron chi connectivity index (χ4n) is 4.35. The van der Waals surface area contributed by atoms with Crippen LogP contribution >= 0.6 is 0 Å². The minimum Gasteiger partial charge on any atom is -0.497 e. The Morgan fingerprint density at radius 3 is 2.13 bits per heavy atom. The molecule has 0 unspecified atom stereocenters.